The first kappa shape index (κ1) is 31.3. The molecule has 0 unspecified atom stereocenters. The van der Waals surface area contributed by atoms with Crippen molar-refractivity contribution in [1.82, 2.24) is 4.98 Å². The predicted molar refractivity (Wildman–Crippen MR) is 195 cm³/mol. The molecule has 45 heavy (non-hydrogen) atoms. The van der Waals surface area contributed by atoms with E-state index in [1.807, 2.05) is 0 Å². The van der Waals surface area contributed by atoms with Crippen molar-refractivity contribution in [3.63, 3.8) is 0 Å². The molecule has 0 aliphatic heterocycles. The molecular weight excluding hydrogens is 542 g/mol. The van der Waals surface area contributed by atoms with Gasteiger partial charge in [-0.2, -0.15) is 0 Å². The van der Waals surface area contributed by atoms with Crippen molar-refractivity contribution in [3.05, 3.63) is 114 Å². The molecule has 0 atom stereocenters. The maximum atomic E-state index is 5.26. The number of hydrogen-bond acceptors (Lipinski definition) is 1. The second-order valence-corrected chi connectivity index (χ2v) is 13.4. The van der Waals surface area contributed by atoms with Crippen LogP contribution in [0.25, 0.3) is 44.4 Å². The van der Waals surface area contributed by atoms with Gasteiger partial charge < -0.3 is 0 Å². The van der Waals surface area contributed by atoms with E-state index in [-0.39, 0.29) is 5.41 Å². The molecule has 0 saturated heterocycles. The molecule has 1 heterocycles. The SMILES string of the molecule is CCCCCCCCC1(CCCCCCCC)c2ccccc2-c2ccc(-c3cc(-c4ccccc4)c4ccccc4n3)cc21. The Morgan fingerprint density at radius 3 is 1.80 bits per heavy atom. The minimum atomic E-state index is 0.0799. The fraction of sp³-hybridized carbons (Fsp3) is 0.386. The van der Waals surface area contributed by atoms with Gasteiger partial charge in [-0.15, -0.1) is 0 Å². The average molecular weight is 594 g/mol. The van der Waals surface area contributed by atoms with E-state index in [9.17, 15) is 0 Å². The van der Waals surface area contributed by atoms with Crippen molar-refractivity contribution < 1.29 is 0 Å². The van der Waals surface area contributed by atoms with Gasteiger partial charge in [0.15, 0.2) is 0 Å². The third-order valence-corrected chi connectivity index (χ3v) is 10.3. The number of para-hydroxylation sites is 1. The molecule has 6 rings (SSSR count). The third-order valence-electron chi connectivity index (χ3n) is 10.3. The topological polar surface area (TPSA) is 12.9 Å². The molecule has 1 heteroatoms. The van der Waals surface area contributed by atoms with Gasteiger partial charge in [0, 0.05) is 16.4 Å². The van der Waals surface area contributed by atoms with E-state index in [0.29, 0.717) is 0 Å². The van der Waals surface area contributed by atoms with Crippen LogP contribution in [-0.4, -0.2) is 4.98 Å². The maximum Gasteiger partial charge on any atom is 0.0716 e. The minimum absolute atomic E-state index is 0.0799. The summed E-state index contributed by atoms with van der Waals surface area (Å²) in [6.07, 6.45) is 18.5. The number of nitrogens with zero attached hydrogens (tertiary/aromatic N) is 1. The monoisotopic (exact) mass is 593 g/mol. The van der Waals surface area contributed by atoms with Crippen molar-refractivity contribution in [3.8, 4) is 33.5 Å². The van der Waals surface area contributed by atoms with Gasteiger partial charge in [-0.3, -0.25) is 0 Å². The maximum absolute atomic E-state index is 5.26. The summed E-state index contributed by atoms with van der Waals surface area (Å²) in [6.45, 7) is 4.62. The first-order valence-corrected chi connectivity index (χ1v) is 17.9. The van der Waals surface area contributed by atoms with Gasteiger partial charge in [0.05, 0.1) is 11.2 Å². The summed E-state index contributed by atoms with van der Waals surface area (Å²) in [5, 5.41) is 1.21. The van der Waals surface area contributed by atoms with E-state index < -0.39 is 0 Å². The molecule has 0 N–H and O–H groups in total. The van der Waals surface area contributed by atoms with Gasteiger partial charge in [0.2, 0.25) is 0 Å². The van der Waals surface area contributed by atoms with Gasteiger partial charge in [0.1, 0.15) is 0 Å². The Bertz CT molecular complexity index is 1660. The number of rotatable bonds is 16. The van der Waals surface area contributed by atoms with Crippen molar-refractivity contribution in [1.29, 1.82) is 0 Å². The number of unbranched alkanes of at least 4 members (excludes halogenated alkanes) is 10. The smallest absolute Gasteiger partial charge is 0.0716 e. The summed E-state index contributed by atoms with van der Waals surface area (Å²) in [4.78, 5) is 5.26. The zero-order chi connectivity index (χ0) is 30.9. The number of pyridine rings is 1. The second-order valence-electron chi connectivity index (χ2n) is 13.4. The van der Waals surface area contributed by atoms with Crippen LogP contribution in [0.2, 0.25) is 0 Å². The van der Waals surface area contributed by atoms with Crippen LogP contribution in [0.1, 0.15) is 115 Å². The molecule has 1 aromatic heterocycles. The predicted octanol–water partition coefficient (Wildman–Crippen LogP) is 13.3. The van der Waals surface area contributed by atoms with Crippen molar-refractivity contribution in [2.75, 3.05) is 0 Å². The number of hydrogen-bond donors (Lipinski definition) is 0. The Kier molecular flexibility index (Phi) is 10.5. The van der Waals surface area contributed by atoms with Crippen molar-refractivity contribution >= 4 is 10.9 Å². The van der Waals surface area contributed by atoms with E-state index in [0.717, 1.165) is 11.2 Å². The molecule has 4 aromatic carbocycles. The van der Waals surface area contributed by atoms with E-state index in [1.54, 1.807) is 11.1 Å². The summed E-state index contributed by atoms with van der Waals surface area (Å²) in [5.41, 5.74) is 11.9. The fourth-order valence-electron chi connectivity index (χ4n) is 7.87. The highest BCUT2D eigenvalue weighted by Crippen LogP contribution is 2.55. The quantitative estimate of drug-likeness (QED) is 0.104. The van der Waals surface area contributed by atoms with Gasteiger partial charge >= 0.3 is 0 Å². The Morgan fingerprint density at radius 2 is 1.07 bits per heavy atom. The molecule has 0 fully saturated rings. The third kappa shape index (κ3) is 6.79. The van der Waals surface area contributed by atoms with E-state index in [2.05, 4.69) is 117 Å². The Morgan fingerprint density at radius 1 is 0.467 bits per heavy atom. The lowest BCUT2D eigenvalue weighted by Gasteiger charge is -2.33. The summed E-state index contributed by atoms with van der Waals surface area (Å²) in [6, 6.07) is 38.3. The molecule has 5 aromatic rings. The molecule has 232 valence electrons. The highest BCUT2D eigenvalue weighted by atomic mass is 14.7. The van der Waals surface area contributed by atoms with Crippen LogP contribution in [0.5, 0.6) is 0 Å². The van der Waals surface area contributed by atoms with Crippen LogP contribution in [-0.2, 0) is 5.41 Å². The molecule has 1 nitrogen and oxygen atoms in total. The van der Waals surface area contributed by atoms with E-state index in [4.69, 9.17) is 4.98 Å². The Balaban J connectivity index is 1.41. The van der Waals surface area contributed by atoms with Gasteiger partial charge in [-0.25, -0.2) is 4.98 Å². The lowest BCUT2D eigenvalue weighted by molar-refractivity contribution is 0.398. The fourth-order valence-corrected chi connectivity index (χ4v) is 7.87. The van der Waals surface area contributed by atoms with Crippen LogP contribution in [0.4, 0.5) is 0 Å². The van der Waals surface area contributed by atoms with Gasteiger partial charge in [0.25, 0.3) is 0 Å². The first-order chi connectivity index (χ1) is 22.2. The zero-order valence-corrected chi connectivity index (χ0v) is 27.7. The molecule has 0 radical (unpaired) electrons. The largest absolute Gasteiger partial charge is 0.248 e. The molecule has 0 bridgehead atoms. The zero-order valence-electron chi connectivity index (χ0n) is 27.7. The highest BCUT2D eigenvalue weighted by Gasteiger charge is 2.42. The van der Waals surface area contributed by atoms with Crippen LogP contribution in [0.15, 0.2) is 103 Å². The normalized spacial score (nSPS) is 13.2. The summed E-state index contributed by atoms with van der Waals surface area (Å²) >= 11 is 0. The molecular formula is C44H51N. The second kappa shape index (κ2) is 15.0. The van der Waals surface area contributed by atoms with Crippen LogP contribution in [0.3, 0.4) is 0 Å². The van der Waals surface area contributed by atoms with Crippen LogP contribution >= 0.6 is 0 Å². The lowest BCUT2D eigenvalue weighted by Crippen LogP contribution is -2.25. The minimum Gasteiger partial charge on any atom is -0.248 e. The summed E-state index contributed by atoms with van der Waals surface area (Å²) in [7, 11) is 0. The highest BCUT2D eigenvalue weighted by molar-refractivity contribution is 5.97. The average Bonchev–Trinajstić information content (AvgIpc) is 3.36. The van der Waals surface area contributed by atoms with Gasteiger partial charge in [-0.1, -0.05) is 176 Å². The Labute approximate surface area is 272 Å². The number of aromatic nitrogens is 1. The van der Waals surface area contributed by atoms with Crippen LogP contribution in [0, 0.1) is 0 Å². The van der Waals surface area contributed by atoms with Crippen molar-refractivity contribution in [2.45, 2.75) is 109 Å². The molecule has 0 amide bonds. The standard InChI is InChI=1S/C44H51N/c1-3-5-7-9-11-20-30-44(31-21-12-10-8-6-4-2)40-26-18-16-24-36(40)37-29-28-35(32-41(37)44)43-33-39(34-22-14-13-15-23-34)38-25-17-19-27-42(38)45-43/h13-19,22-29,32-33H,3-12,20-21,30-31H2,1-2H3. The Hall–Kier alpha value is -3.71. The van der Waals surface area contributed by atoms with Crippen LogP contribution < -0.4 is 0 Å². The molecule has 0 saturated carbocycles. The summed E-state index contributed by atoms with van der Waals surface area (Å²) in [5.74, 6) is 0. The lowest BCUT2D eigenvalue weighted by atomic mass is 9.70. The molecule has 1 aliphatic carbocycles. The molecule has 1 aliphatic rings. The summed E-state index contributed by atoms with van der Waals surface area (Å²) < 4.78 is 0. The number of fused-ring (bicyclic) bond motifs is 4. The number of benzene rings is 4. The first-order valence-electron chi connectivity index (χ1n) is 17.9. The molecule has 0 spiro atoms. The van der Waals surface area contributed by atoms with E-state index >= 15 is 0 Å². The van der Waals surface area contributed by atoms with Gasteiger partial charge in [-0.05, 0) is 64.4 Å². The van der Waals surface area contributed by atoms with E-state index in [1.165, 1.54) is 123 Å². The van der Waals surface area contributed by atoms with Crippen molar-refractivity contribution in [2.24, 2.45) is 0 Å².